The summed E-state index contributed by atoms with van der Waals surface area (Å²) in [5.41, 5.74) is 2.59. The van der Waals surface area contributed by atoms with E-state index in [1.807, 2.05) is 42.5 Å². The largest absolute Gasteiger partial charge is 0.272 e. The first-order valence-electron chi connectivity index (χ1n) is 7.10. The third-order valence-corrected chi connectivity index (χ3v) is 3.67. The summed E-state index contributed by atoms with van der Waals surface area (Å²) in [4.78, 5) is 11.9. The molecule has 23 heavy (non-hydrogen) atoms. The van der Waals surface area contributed by atoms with Gasteiger partial charge in [0.05, 0.1) is 11.1 Å². The monoisotopic (exact) mass is 304 g/mol. The molecule has 0 amide bonds. The summed E-state index contributed by atoms with van der Waals surface area (Å²) in [6.07, 6.45) is 0.608. The maximum absolute atomic E-state index is 11.9. The predicted octanol–water partition coefficient (Wildman–Crippen LogP) is 1.69. The fourth-order valence-electron chi connectivity index (χ4n) is 2.56. The van der Waals surface area contributed by atoms with Crippen LogP contribution >= 0.6 is 0 Å². The molecule has 7 nitrogen and oxygen atoms in total. The van der Waals surface area contributed by atoms with E-state index >= 15 is 0 Å². The van der Waals surface area contributed by atoms with Crippen molar-refractivity contribution in [3.8, 4) is 11.3 Å². The average Bonchev–Trinajstić information content (AvgIpc) is 3.10. The predicted molar refractivity (Wildman–Crippen MR) is 84.8 cm³/mol. The van der Waals surface area contributed by atoms with Gasteiger partial charge in [-0.25, -0.2) is 5.10 Å². The first-order valence-corrected chi connectivity index (χ1v) is 7.10. The molecule has 4 rings (SSSR count). The molecule has 0 bridgehead atoms. The Kier molecular flexibility index (Phi) is 3.16. The van der Waals surface area contributed by atoms with Crippen LogP contribution in [-0.2, 0) is 6.42 Å². The molecule has 4 aromatic rings. The first-order chi connectivity index (χ1) is 11.3. The Morgan fingerprint density at radius 3 is 2.43 bits per heavy atom. The second-order valence-corrected chi connectivity index (χ2v) is 5.15. The Bertz CT molecular complexity index is 1000. The minimum atomic E-state index is -0.182. The van der Waals surface area contributed by atoms with Crippen molar-refractivity contribution in [2.75, 3.05) is 0 Å². The summed E-state index contributed by atoms with van der Waals surface area (Å²) in [7, 11) is 0. The maximum Gasteiger partial charge on any atom is 0.272 e. The molecule has 0 aliphatic heterocycles. The number of H-pyrrole nitrogens is 2. The van der Waals surface area contributed by atoms with E-state index in [0.717, 1.165) is 22.2 Å². The zero-order chi connectivity index (χ0) is 15.6. The SMILES string of the molecule is O=c1[nH]nc(-c2ccc(Cc3nn[nH]n3)cc2)c2ccccc12. The molecule has 0 fully saturated rings. The van der Waals surface area contributed by atoms with Gasteiger partial charge in [0.15, 0.2) is 5.82 Å². The van der Waals surface area contributed by atoms with Crippen molar-refractivity contribution in [1.82, 2.24) is 30.8 Å². The lowest BCUT2D eigenvalue weighted by molar-refractivity contribution is 0.881. The lowest BCUT2D eigenvalue weighted by atomic mass is 10.0. The normalized spacial score (nSPS) is 11.0. The topological polar surface area (TPSA) is 100 Å². The van der Waals surface area contributed by atoms with Crippen LogP contribution in [0.2, 0.25) is 0 Å². The van der Waals surface area contributed by atoms with Crippen molar-refractivity contribution in [3.63, 3.8) is 0 Å². The van der Waals surface area contributed by atoms with E-state index < -0.39 is 0 Å². The summed E-state index contributed by atoms with van der Waals surface area (Å²) >= 11 is 0. The van der Waals surface area contributed by atoms with Crippen molar-refractivity contribution in [2.24, 2.45) is 0 Å². The molecule has 0 radical (unpaired) electrons. The molecule has 0 saturated heterocycles. The van der Waals surface area contributed by atoms with E-state index in [1.165, 1.54) is 0 Å². The van der Waals surface area contributed by atoms with Gasteiger partial charge in [0, 0.05) is 17.4 Å². The molecule has 7 heteroatoms. The van der Waals surface area contributed by atoms with Gasteiger partial charge in [-0.1, -0.05) is 47.7 Å². The van der Waals surface area contributed by atoms with Crippen LogP contribution in [0.25, 0.3) is 22.0 Å². The van der Waals surface area contributed by atoms with E-state index in [2.05, 4.69) is 30.8 Å². The number of benzene rings is 2. The highest BCUT2D eigenvalue weighted by Gasteiger charge is 2.08. The van der Waals surface area contributed by atoms with Crippen LogP contribution in [0.15, 0.2) is 53.3 Å². The highest BCUT2D eigenvalue weighted by Crippen LogP contribution is 2.24. The number of aromatic amines is 2. The number of fused-ring (bicyclic) bond motifs is 1. The van der Waals surface area contributed by atoms with Gasteiger partial charge >= 0.3 is 0 Å². The fraction of sp³-hybridized carbons (Fsp3) is 0.0625. The molecule has 0 aliphatic carbocycles. The molecule has 0 aliphatic rings. The van der Waals surface area contributed by atoms with Crippen molar-refractivity contribution < 1.29 is 0 Å². The molecular weight excluding hydrogens is 292 g/mol. The van der Waals surface area contributed by atoms with Gasteiger partial charge in [0.2, 0.25) is 0 Å². The molecule has 0 spiro atoms. The molecule has 2 heterocycles. The maximum atomic E-state index is 11.9. The number of nitrogens with one attached hydrogen (secondary N) is 2. The number of tetrazole rings is 1. The third-order valence-electron chi connectivity index (χ3n) is 3.67. The minimum Gasteiger partial charge on any atom is -0.267 e. The molecule has 0 unspecified atom stereocenters. The zero-order valence-electron chi connectivity index (χ0n) is 12.0. The second-order valence-electron chi connectivity index (χ2n) is 5.15. The number of nitrogens with zero attached hydrogens (tertiary/aromatic N) is 4. The summed E-state index contributed by atoms with van der Waals surface area (Å²) < 4.78 is 0. The summed E-state index contributed by atoms with van der Waals surface area (Å²) in [6.45, 7) is 0. The van der Waals surface area contributed by atoms with Crippen molar-refractivity contribution in [1.29, 1.82) is 0 Å². The summed E-state index contributed by atoms with van der Waals surface area (Å²) in [5.74, 6) is 0.644. The van der Waals surface area contributed by atoms with Crippen LogP contribution in [0.3, 0.4) is 0 Å². The summed E-state index contributed by atoms with van der Waals surface area (Å²) in [6, 6.07) is 15.4. The Hall–Kier alpha value is -3.35. The van der Waals surface area contributed by atoms with Gasteiger partial charge in [0.1, 0.15) is 0 Å². The number of rotatable bonds is 3. The van der Waals surface area contributed by atoms with Crippen molar-refractivity contribution in [2.45, 2.75) is 6.42 Å². The van der Waals surface area contributed by atoms with Gasteiger partial charge in [-0.15, -0.1) is 10.2 Å². The number of aromatic nitrogens is 6. The Morgan fingerprint density at radius 2 is 1.70 bits per heavy atom. The second kappa shape index (κ2) is 5.45. The van der Waals surface area contributed by atoms with Crippen molar-refractivity contribution >= 4 is 10.8 Å². The highest BCUT2D eigenvalue weighted by atomic mass is 16.1. The van der Waals surface area contributed by atoms with E-state index in [0.29, 0.717) is 17.6 Å². The van der Waals surface area contributed by atoms with Crippen LogP contribution < -0.4 is 5.56 Å². The van der Waals surface area contributed by atoms with Gasteiger partial charge in [-0.05, 0) is 11.6 Å². The number of hydrogen-bond donors (Lipinski definition) is 2. The van der Waals surface area contributed by atoms with Crippen LogP contribution in [0.5, 0.6) is 0 Å². The first kappa shape index (κ1) is 13.3. The Morgan fingerprint density at radius 1 is 0.913 bits per heavy atom. The van der Waals surface area contributed by atoms with Crippen molar-refractivity contribution in [3.05, 3.63) is 70.3 Å². The van der Waals surface area contributed by atoms with Gasteiger partial charge in [-0.2, -0.15) is 10.3 Å². The lowest BCUT2D eigenvalue weighted by Gasteiger charge is -2.06. The molecule has 0 atom stereocenters. The minimum absolute atomic E-state index is 0.182. The van der Waals surface area contributed by atoms with E-state index in [9.17, 15) is 4.79 Å². The van der Waals surface area contributed by atoms with Crippen LogP contribution in [-0.4, -0.2) is 30.8 Å². The molecule has 112 valence electrons. The van der Waals surface area contributed by atoms with Crippen LogP contribution in [0.4, 0.5) is 0 Å². The van der Waals surface area contributed by atoms with Gasteiger partial charge < -0.3 is 0 Å². The highest BCUT2D eigenvalue weighted by molar-refractivity contribution is 5.93. The summed E-state index contributed by atoms with van der Waals surface area (Å²) in [5, 5.41) is 22.1. The Labute approximate surface area is 130 Å². The standard InChI is InChI=1S/C16H12N6O/c23-16-13-4-2-1-3-12(13)15(19-20-16)11-7-5-10(6-8-11)9-14-17-21-22-18-14/h1-8H,9H2,(H,20,23)(H,17,18,21,22). The lowest BCUT2D eigenvalue weighted by Crippen LogP contribution is -2.09. The fourth-order valence-corrected chi connectivity index (χ4v) is 2.56. The molecule has 2 aromatic heterocycles. The zero-order valence-corrected chi connectivity index (χ0v) is 12.0. The van der Waals surface area contributed by atoms with Crippen LogP contribution in [0.1, 0.15) is 11.4 Å². The molecule has 0 saturated carbocycles. The Balaban J connectivity index is 1.74. The van der Waals surface area contributed by atoms with Crippen LogP contribution in [0, 0.1) is 0 Å². The van der Waals surface area contributed by atoms with E-state index in [-0.39, 0.29) is 5.56 Å². The smallest absolute Gasteiger partial charge is 0.267 e. The third kappa shape index (κ3) is 2.48. The average molecular weight is 304 g/mol. The molecule has 2 N–H and O–H groups in total. The molecular formula is C16H12N6O. The quantitative estimate of drug-likeness (QED) is 0.600. The van der Waals surface area contributed by atoms with Gasteiger partial charge in [-0.3, -0.25) is 4.79 Å². The van der Waals surface area contributed by atoms with Gasteiger partial charge in [0.25, 0.3) is 5.56 Å². The van der Waals surface area contributed by atoms with E-state index in [4.69, 9.17) is 0 Å². The number of hydrogen-bond acceptors (Lipinski definition) is 5. The van der Waals surface area contributed by atoms with E-state index in [1.54, 1.807) is 6.07 Å². The molecule has 2 aromatic carbocycles.